The summed E-state index contributed by atoms with van der Waals surface area (Å²) in [5.74, 6) is -1.26. The van der Waals surface area contributed by atoms with Gasteiger partial charge in [0.05, 0.1) is 12.4 Å². The summed E-state index contributed by atoms with van der Waals surface area (Å²) < 4.78 is 44.4. The van der Waals surface area contributed by atoms with Crippen LogP contribution in [0.5, 0.6) is 0 Å². The average Bonchev–Trinajstić information content (AvgIpc) is 3.06. The number of benzene rings is 1. The van der Waals surface area contributed by atoms with E-state index in [2.05, 4.69) is 10.3 Å². The van der Waals surface area contributed by atoms with Gasteiger partial charge >= 0.3 is 0 Å². The van der Waals surface area contributed by atoms with Crippen LogP contribution in [0.15, 0.2) is 23.2 Å². The number of nitrogens with two attached hydrogens (primary N) is 1. The number of nitrogens with zero attached hydrogens (tertiary/aromatic N) is 1. The molecule has 1 saturated heterocycles. The van der Waals surface area contributed by atoms with Gasteiger partial charge in [-0.15, -0.1) is 0 Å². The molecule has 142 valence electrons. The van der Waals surface area contributed by atoms with Gasteiger partial charge in [-0.1, -0.05) is 6.92 Å². The molecule has 2 aliphatic heterocycles. The number of aliphatic imine (C=N–C) groups is 1. The molecule has 0 unspecified atom stereocenters. The molecule has 1 fully saturated rings. The van der Waals surface area contributed by atoms with Gasteiger partial charge in [0.25, 0.3) is 0 Å². The van der Waals surface area contributed by atoms with Crippen LogP contribution >= 0.6 is 0 Å². The third-order valence-electron chi connectivity index (χ3n) is 5.04. The van der Waals surface area contributed by atoms with E-state index in [4.69, 9.17) is 10.5 Å². The smallest absolute Gasteiger partial charge is 0.224 e. The van der Waals surface area contributed by atoms with E-state index in [0.29, 0.717) is 12.3 Å². The van der Waals surface area contributed by atoms with E-state index in [1.165, 1.54) is 25.1 Å². The molecule has 2 atom stereocenters. The second kappa shape index (κ2) is 6.31. The molecule has 1 spiro atoms. The quantitative estimate of drug-likeness (QED) is 0.818. The molecular weight excluding hydrogens is 361 g/mol. The van der Waals surface area contributed by atoms with Gasteiger partial charge in [0.1, 0.15) is 17.2 Å². The van der Waals surface area contributed by atoms with E-state index in [9.17, 15) is 17.6 Å². The van der Waals surface area contributed by atoms with E-state index >= 15 is 0 Å². The fraction of sp³-hybridized carbons (Fsp3) is 0.529. The standard InChI is InChI=1S/C17H22FN3O4S/c1-3-14(22)20-11-4-5-13(18)12(8-11)16(2)10-26(23,24)17(15(19)21-16)6-7-25-9-17/h4-5,8H,3,6-7,9-10H2,1-2H3,(H2,19,21)(H,20,22)/t16-,17-/m0/s1. The van der Waals surface area contributed by atoms with Crippen molar-refractivity contribution in [1.29, 1.82) is 0 Å². The van der Waals surface area contributed by atoms with Crippen LogP contribution in [-0.2, 0) is 24.9 Å². The summed E-state index contributed by atoms with van der Waals surface area (Å²) in [4.78, 5) is 16.0. The second-order valence-electron chi connectivity index (χ2n) is 6.92. The number of sulfone groups is 1. The van der Waals surface area contributed by atoms with Gasteiger partial charge in [-0.25, -0.2) is 12.8 Å². The molecular formula is C17H22FN3O4S. The van der Waals surface area contributed by atoms with Gasteiger partial charge in [0, 0.05) is 24.3 Å². The maximum atomic E-state index is 14.5. The molecule has 3 rings (SSSR count). The molecule has 26 heavy (non-hydrogen) atoms. The molecule has 7 nitrogen and oxygen atoms in total. The number of nitrogens with one attached hydrogen (secondary N) is 1. The van der Waals surface area contributed by atoms with Crippen LogP contribution in [0.3, 0.4) is 0 Å². The second-order valence-corrected chi connectivity index (χ2v) is 9.22. The van der Waals surface area contributed by atoms with Gasteiger partial charge in [-0.2, -0.15) is 0 Å². The first-order chi connectivity index (χ1) is 12.1. The lowest BCUT2D eigenvalue weighted by molar-refractivity contribution is -0.115. The minimum absolute atomic E-state index is 0.0319. The van der Waals surface area contributed by atoms with E-state index < -0.39 is 25.9 Å². The molecule has 1 aromatic rings. The third kappa shape index (κ3) is 2.88. The zero-order valence-corrected chi connectivity index (χ0v) is 15.5. The van der Waals surface area contributed by atoms with Crippen molar-refractivity contribution in [2.75, 3.05) is 24.3 Å². The number of anilines is 1. The minimum Gasteiger partial charge on any atom is -0.386 e. The van der Waals surface area contributed by atoms with Crippen LogP contribution in [0.1, 0.15) is 32.3 Å². The van der Waals surface area contributed by atoms with Crippen molar-refractivity contribution >= 4 is 27.3 Å². The number of carbonyl (C=O) groups excluding carboxylic acids is 1. The van der Waals surface area contributed by atoms with Crippen LogP contribution in [0.25, 0.3) is 0 Å². The predicted molar refractivity (Wildman–Crippen MR) is 96.2 cm³/mol. The zero-order valence-electron chi connectivity index (χ0n) is 14.7. The lowest BCUT2D eigenvalue weighted by Gasteiger charge is -2.39. The van der Waals surface area contributed by atoms with Crippen molar-refractivity contribution in [3.05, 3.63) is 29.6 Å². The highest BCUT2D eigenvalue weighted by molar-refractivity contribution is 7.93. The van der Waals surface area contributed by atoms with E-state index in [0.717, 1.165) is 0 Å². The third-order valence-corrected chi connectivity index (χ3v) is 7.70. The summed E-state index contributed by atoms with van der Waals surface area (Å²) in [5.41, 5.74) is 5.13. The summed E-state index contributed by atoms with van der Waals surface area (Å²) >= 11 is 0. The summed E-state index contributed by atoms with van der Waals surface area (Å²) in [6.07, 6.45) is 0.516. The maximum absolute atomic E-state index is 14.5. The molecule has 0 saturated carbocycles. The van der Waals surface area contributed by atoms with Crippen LogP contribution < -0.4 is 11.1 Å². The Morgan fingerprint density at radius 2 is 2.19 bits per heavy atom. The Morgan fingerprint density at radius 3 is 2.77 bits per heavy atom. The molecule has 0 radical (unpaired) electrons. The van der Waals surface area contributed by atoms with Crippen LogP contribution in [-0.4, -0.2) is 43.9 Å². The van der Waals surface area contributed by atoms with Crippen molar-refractivity contribution in [3.63, 3.8) is 0 Å². The summed E-state index contributed by atoms with van der Waals surface area (Å²) in [6, 6.07) is 4.03. The molecule has 2 aliphatic rings. The Hall–Kier alpha value is -2.00. The Labute approximate surface area is 151 Å². The van der Waals surface area contributed by atoms with Crippen molar-refractivity contribution in [2.45, 2.75) is 37.0 Å². The van der Waals surface area contributed by atoms with Crippen molar-refractivity contribution in [1.82, 2.24) is 0 Å². The number of halogens is 1. The first kappa shape index (κ1) is 18.8. The fourth-order valence-corrected chi connectivity index (χ4v) is 5.72. The number of hydrogen-bond donors (Lipinski definition) is 2. The monoisotopic (exact) mass is 383 g/mol. The highest BCUT2D eigenvalue weighted by Crippen LogP contribution is 2.41. The highest BCUT2D eigenvalue weighted by atomic mass is 32.2. The molecule has 0 bridgehead atoms. The van der Waals surface area contributed by atoms with Crippen molar-refractivity contribution < 1.29 is 22.3 Å². The zero-order chi connectivity index (χ0) is 19.2. The van der Waals surface area contributed by atoms with Crippen LogP contribution in [0.4, 0.5) is 10.1 Å². The first-order valence-electron chi connectivity index (χ1n) is 8.39. The number of carbonyl (C=O) groups is 1. The Morgan fingerprint density at radius 1 is 1.46 bits per heavy atom. The van der Waals surface area contributed by atoms with Gasteiger partial charge in [0.2, 0.25) is 5.91 Å². The number of rotatable bonds is 3. The fourth-order valence-electron chi connectivity index (χ4n) is 3.46. The molecule has 1 amide bonds. The Bertz CT molecular complexity index is 878. The molecule has 0 aromatic heterocycles. The maximum Gasteiger partial charge on any atom is 0.224 e. The molecule has 2 heterocycles. The molecule has 1 aromatic carbocycles. The Balaban J connectivity index is 2.08. The molecule has 0 aliphatic carbocycles. The van der Waals surface area contributed by atoms with Gasteiger partial charge in [-0.3, -0.25) is 9.79 Å². The van der Waals surface area contributed by atoms with E-state index in [-0.39, 0.29) is 42.5 Å². The first-order valence-corrected chi connectivity index (χ1v) is 10.0. The number of ether oxygens (including phenoxy) is 1. The van der Waals surface area contributed by atoms with Gasteiger partial charge < -0.3 is 15.8 Å². The largest absolute Gasteiger partial charge is 0.386 e. The van der Waals surface area contributed by atoms with E-state index in [1.807, 2.05) is 0 Å². The lowest BCUT2D eigenvalue weighted by Crippen LogP contribution is -2.58. The average molecular weight is 383 g/mol. The number of amides is 1. The number of hydrogen-bond acceptors (Lipinski definition) is 6. The predicted octanol–water partition coefficient (Wildman–Crippen LogP) is 1.33. The normalized spacial score (nSPS) is 30.2. The van der Waals surface area contributed by atoms with Crippen molar-refractivity contribution in [2.24, 2.45) is 10.7 Å². The SMILES string of the molecule is CCC(=O)Nc1ccc(F)c([C@]2(C)CS(=O)(=O)[C@]3(CCOC3)C(N)=N2)c1. The highest BCUT2D eigenvalue weighted by Gasteiger charge is 2.57. The minimum atomic E-state index is -3.72. The summed E-state index contributed by atoms with van der Waals surface area (Å²) in [6.45, 7) is 3.49. The van der Waals surface area contributed by atoms with Gasteiger partial charge in [0.15, 0.2) is 14.6 Å². The Kier molecular flexibility index (Phi) is 4.56. The van der Waals surface area contributed by atoms with Gasteiger partial charge in [-0.05, 0) is 31.5 Å². The molecule has 9 heteroatoms. The summed E-state index contributed by atoms with van der Waals surface area (Å²) in [7, 11) is -3.72. The topological polar surface area (TPSA) is 111 Å². The van der Waals surface area contributed by atoms with Crippen LogP contribution in [0, 0.1) is 5.82 Å². The van der Waals surface area contributed by atoms with Crippen LogP contribution in [0.2, 0.25) is 0 Å². The van der Waals surface area contributed by atoms with E-state index in [1.54, 1.807) is 6.92 Å². The summed E-state index contributed by atoms with van der Waals surface area (Å²) in [5, 5.41) is 2.64. The molecule has 3 N–H and O–H groups in total. The van der Waals surface area contributed by atoms with Crippen molar-refractivity contribution in [3.8, 4) is 0 Å². The lowest BCUT2D eigenvalue weighted by atomic mass is 9.92. The number of amidine groups is 1.